The van der Waals surface area contributed by atoms with Crippen molar-refractivity contribution >= 4 is 17.5 Å². The summed E-state index contributed by atoms with van der Waals surface area (Å²) in [4.78, 5) is 14.4. The zero-order chi connectivity index (χ0) is 18.5. The predicted octanol–water partition coefficient (Wildman–Crippen LogP) is 3.66. The molecule has 134 valence electrons. The number of carbonyl (C=O) groups is 1. The van der Waals surface area contributed by atoms with Crippen LogP contribution in [0.25, 0.3) is 0 Å². The van der Waals surface area contributed by atoms with Crippen molar-refractivity contribution in [2.45, 2.75) is 25.6 Å². The monoisotopic (exact) mass is 370 g/mol. The summed E-state index contributed by atoms with van der Waals surface area (Å²) >= 11 is 6.12. The number of benzene rings is 2. The minimum atomic E-state index is -0.636. The van der Waals surface area contributed by atoms with E-state index in [1.165, 1.54) is 0 Å². The van der Waals surface area contributed by atoms with Gasteiger partial charge >= 0.3 is 0 Å². The minimum Gasteiger partial charge on any atom is -0.487 e. The highest BCUT2D eigenvalue weighted by molar-refractivity contribution is 6.32. The number of ether oxygens (including phenoxy) is 2. The highest BCUT2D eigenvalue weighted by atomic mass is 35.5. The SMILES string of the molecule is C[C@@H](Oc1cccc(C#N)c1)C(=O)N1CC[C@H](Oc2ccccc2Cl)C1. The number of halogens is 1. The van der Waals surface area contributed by atoms with Gasteiger partial charge in [0.15, 0.2) is 6.10 Å². The van der Waals surface area contributed by atoms with E-state index in [1.807, 2.05) is 18.2 Å². The molecule has 0 bridgehead atoms. The molecule has 2 aromatic carbocycles. The second-order valence-corrected chi connectivity index (χ2v) is 6.55. The van der Waals surface area contributed by atoms with Gasteiger partial charge in [-0.1, -0.05) is 29.8 Å². The first kappa shape index (κ1) is 18.1. The fourth-order valence-electron chi connectivity index (χ4n) is 2.90. The number of rotatable bonds is 5. The molecule has 0 unspecified atom stereocenters. The molecule has 2 aromatic rings. The average molecular weight is 371 g/mol. The van der Waals surface area contributed by atoms with Crippen molar-refractivity contribution in [2.75, 3.05) is 13.1 Å². The standard InChI is InChI=1S/C20H19ClN2O3/c1-14(25-16-6-4-5-15(11-16)12-22)20(24)23-10-9-17(13-23)26-19-8-3-2-7-18(19)21/h2-8,11,14,17H,9-10,13H2,1H3/t14-,17+/m1/s1. The minimum absolute atomic E-state index is 0.0898. The molecule has 1 heterocycles. The van der Waals surface area contributed by atoms with E-state index in [0.717, 1.165) is 6.42 Å². The molecular formula is C20H19ClN2O3. The van der Waals surface area contributed by atoms with Crippen LogP contribution in [0.15, 0.2) is 48.5 Å². The Morgan fingerprint density at radius 1 is 1.31 bits per heavy atom. The van der Waals surface area contributed by atoms with Gasteiger partial charge in [0.25, 0.3) is 5.91 Å². The number of carbonyl (C=O) groups excluding carboxylic acids is 1. The lowest BCUT2D eigenvalue weighted by Crippen LogP contribution is -2.40. The fourth-order valence-corrected chi connectivity index (χ4v) is 3.08. The van der Waals surface area contributed by atoms with Gasteiger partial charge in [-0.05, 0) is 37.3 Å². The lowest BCUT2D eigenvalue weighted by atomic mass is 10.2. The van der Waals surface area contributed by atoms with Crippen LogP contribution in [-0.2, 0) is 4.79 Å². The Bertz CT molecular complexity index is 834. The fraction of sp³-hybridized carbons (Fsp3) is 0.300. The van der Waals surface area contributed by atoms with Crippen molar-refractivity contribution < 1.29 is 14.3 Å². The summed E-state index contributed by atoms with van der Waals surface area (Å²) in [6.07, 6.45) is 0.0177. The normalized spacial score (nSPS) is 17.4. The van der Waals surface area contributed by atoms with E-state index in [1.54, 1.807) is 42.2 Å². The Labute approximate surface area is 157 Å². The van der Waals surface area contributed by atoms with Gasteiger partial charge in [0.1, 0.15) is 17.6 Å². The van der Waals surface area contributed by atoms with Crippen LogP contribution in [0, 0.1) is 11.3 Å². The van der Waals surface area contributed by atoms with Gasteiger partial charge in [-0.15, -0.1) is 0 Å². The third-order valence-corrected chi connectivity index (χ3v) is 4.52. The number of hydrogen-bond donors (Lipinski definition) is 0. The van der Waals surface area contributed by atoms with Crippen LogP contribution < -0.4 is 9.47 Å². The van der Waals surface area contributed by atoms with Gasteiger partial charge in [0.2, 0.25) is 0 Å². The maximum atomic E-state index is 12.6. The first-order valence-corrected chi connectivity index (χ1v) is 8.81. The maximum Gasteiger partial charge on any atom is 0.263 e. The topological polar surface area (TPSA) is 62.6 Å². The number of hydrogen-bond acceptors (Lipinski definition) is 4. The molecule has 5 nitrogen and oxygen atoms in total. The molecule has 0 aliphatic carbocycles. The quantitative estimate of drug-likeness (QED) is 0.805. The van der Waals surface area contributed by atoms with Crippen LogP contribution >= 0.6 is 11.6 Å². The molecule has 6 heteroatoms. The van der Waals surface area contributed by atoms with Crippen LogP contribution in [0.5, 0.6) is 11.5 Å². The lowest BCUT2D eigenvalue weighted by molar-refractivity contribution is -0.137. The summed E-state index contributed by atoms with van der Waals surface area (Å²) in [7, 11) is 0. The summed E-state index contributed by atoms with van der Waals surface area (Å²) in [5.74, 6) is 1.04. The third kappa shape index (κ3) is 4.27. The molecule has 1 amide bonds. The summed E-state index contributed by atoms with van der Waals surface area (Å²) in [5, 5.41) is 9.51. The molecule has 0 aromatic heterocycles. The number of para-hydroxylation sites is 1. The molecule has 3 rings (SSSR count). The summed E-state index contributed by atoms with van der Waals surface area (Å²) in [6.45, 7) is 2.82. The predicted molar refractivity (Wildman–Crippen MR) is 98.3 cm³/mol. The molecule has 0 spiro atoms. The molecular weight excluding hydrogens is 352 g/mol. The van der Waals surface area contributed by atoms with E-state index >= 15 is 0 Å². The first-order chi connectivity index (χ1) is 12.6. The zero-order valence-corrected chi connectivity index (χ0v) is 15.1. The van der Waals surface area contributed by atoms with E-state index in [2.05, 4.69) is 6.07 Å². The zero-order valence-electron chi connectivity index (χ0n) is 14.4. The molecule has 0 saturated carbocycles. The largest absolute Gasteiger partial charge is 0.487 e. The highest BCUT2D eigenvalue weighted by Gasteiger charge is 2.31. The summed E-state index contributed by atoms with van der Waals surface area (Å²) in [6, 6.07) is 16.1. The van der Waals surface area contributed by atoms with E-state index in [4.69, 9.17) is 26.3 Å². The van der Waals surface area contributed by atoms with Gasteiger partial charge in [-0.3, -0.25) is 4.79 Å². The Balaban J connectivity index is 1.57. The molecule has 1 saturated heterocycles. The van der Waals surface area contributed by atoms with Gasteiger partial charge in [-0.25, -0.2) is 0 Å². The first-order valence-electron chi connectivity index (χ1n) is 8.43. The Morgan fingerprint density at radius 2 is 2.12 bits per heavy atom. The van der Waals surface area contributed by atoms with Crippen molar-refractivity contribution in [3.8, 4) is 17.6 Å². The second kappa shape index (κ2) is 8.11. The third-order valence-electron chi connectivity index (χ3n) is 4.21. The molecule has 1 aliphatic heterocycles. The van der Waals surface area contributed by atoms with E-state index in [-0.39, 0.29) is 12.0 Å². The van der Waals surface area contributed by atoms with Crippen LogP contribution in [0.4, 0.5) is 0 Å². The van der Waals surface area contributed by atoms with E-state index in [0.29, 0.717) is 35.2 Å². The molecule has 26 heavy (non-hydrogen) atoms. The molecule has 0 radical (unpaired) electrons. The summed E-state index contributed by atoms with van der Waals surface area (Å²) in [5.41, 5.74) is 0.497. The highest BCUT2D eigenvalue weighted by Crippen LogP contribution is 2.27. The number of nitriles is 1. The maximum absolute atomic E-state index is 12.6. The Hall–Kier alpha value is -2.71. The molecule has 2 atom stereocenters. The van der Waals surface area contributed by atoms with Gasteiger partial charge in [0.05, 0.1) is 23.2 Å². The second-order valence-electron chi connectivity index (χ2n) is 6.14. The smallest absolute Gasteiger partial charge is 0.263 e. The van der Waals surface area contributed by atoms with Gasteiger partial charge in [-0.2, -0.15) is 5.26 Å². The molecule has 0 N–H and O–H groups in total. The van der Waals surface area contributed by atoms with Crippen LogP contribution in [0.1, 0.15) is 18.9 Å². The Morgan fingerprint density at radius 3 is 2.88 bits per heavy atom. The number of likely N-dealkylation sites (tertiary alicyclic amines) is 1. The lowest BCUT2D eigenvalue weighted by Gasteiger charge is -2.22. The van der Waals surface area contributed by atoms with Crippen LogP contribution in [0.2, 0.25) is 5.02 Å². The molecule has 1 fully saturated rings. The average Bonchev–Trinajstić information content (AvgIpc) is 3.11. The van der Waals surface area contributed by atoms with Gasteiger partial charge in [0, 0.05) is 13.0 Å². The van der Waals surface area contributed by atoms with E-state index in [9.17, 15) is 4.79 Å². The van der Waals surface area contributed by atoms with Crippen LogP contribution in [0.3, 0.4) is 0 Å². The van der Waals surface area contributed by atoms with Crippen molar-refractivity contribution in [1.29, 1.82) is 5.26 Å². The van der Waals surface area contributed by atoms with E-state index < -0.39 is 6.10 Å². The van der Waals surface area contributed by atoms with Crippen molar-refractivity contribution in [3.63, 3.8) is 0 Å². The van der Waals surface area contributed by atoms with Crippen molar-refractivity contribution in [2.24, 2.45) is 0 Å². The van der Waals surface area contributed by atoms with Gasteiger partial charge < -0.3 is 14.4 Å². The van der Waals surface area contributed by atoms with Crippen molar-refractivity contribution in [1.82, 2.24) is 4.90 Å². The van der Waals surface area contributed by atoms with Crippen LogP contribution in [-0.4, -0.2) is 36.1 Å². The molecule has 1 aliphatic rings. The number of nitrogens with zero attached hydrogens (tertiary/aromatic N) is 2. The Kier molecular flexibility index (Phi) is 5.65. The van der Waals surface area contributed by atoms with Crippen molar-refractivity contribution in [3.05, 3.63) is 59.1 Å². The number of amides is 1. The summed E-state index contributed by atoms with van der Waals surface area (Å²) < 4.78 is 11.6.